The highest BCUT2D eigenvalue weighted by Crippen LogP contribution is 2.16. The molecular weight excluding hydrogens is 272 g/mol. The molecule has 2 aromatic heterocycles. The van der Waals surface area contributed by atoms with Gasteiger partial charge in [0.05, 0.1) is 19.4 Å². The Morgan fingerprint density at radius 2 is 2.25 bits per heavy atom. The Labute approximate surface area is 123 Å². The number of amides is 1. The van der Waals surface area contributed by atoms with Crippen LogP contribution >= 0.6 is 11.3 Å². The third-order valence-electron chi connectivity index (χ3n) is 3.17. The second-order valence-electron chi connectivity index (χ2n) is 4.78. The molecule has 0 saturated carbocycles. The minimum absolute atomic E-state index is 0.0733. The lowest BCUT2D eigenvalue weighted by Crippen LogP contribution is -2.34. The first-order valence-corrected chi connectivity index (χ1v) is 7.65. The van der Waals surface area contributed by atoms with E-state index in [1.165, 1.54) is 0 Å². The summed E-state index contributed by atoms with van der Waals surface area (Å²) in [6.07, 6.45) is 2.81. The Morgan fingerprint density at radius 3 is 2.85 bits per heavy atom. The summed E-state index contributed by atoms with van der Waals surface area (Å²) in [4.78, 5) is 15.3. The zero-order valence-electron chi connectivity index (χ0n) is 11.6. The van der Waals surface area contributed by atoms with Gasteiger partial charge in [-0.2, -0.15) is 0 Å². The van der Waals surface area contributed by atoms with Crippen LogP contribution in [0.1, 0.15) is 30.4 Å². The van der Waals surface area contributed by atoms with Crippen molar-refractivity contribution in [2.45, 2.75) is 38.9 Å². The molecule has 0 bridgehead atoms. The number of hydrogen-bond donors (Lipinski definition) is 1. The molecule has 0 aliphatic carbocycles. The smallest absolute Gasteiger partial charge is 0.224 e. The summed E-state index contributed by atoms with van der Waals surface area (Å²) < 4.78 is 5.34. The van der Waals surface area contributed by atoms with Gasteiger partial charge in [0, 0.05) is 17.3 Å². The first-order valence-electron chi connectivity index (χ1n) is 6.77. The quantitative estimate of drug-likeness (QED) is 0.853. The van der Waals surface area contributed by atoms with Crippen molar-refractivity contribution in [1.82, 2.24) is 4.90 Å². The molecule has 2 heterocycles. The van der Waals surface area contributed by atoms with Crippen LogP contribution in [-0.2, 0) is 17.9 Å². The summed E-state index contributed by atoms with van der Waals surface area (Å²) in [5, 5.41) is 2.02. The van der Waals surface area contributed by atoms with Crippen molar-refractivity contribution in [3.8, 4) is 0 Å². The fraction of sp³-hybridized carbons (Fsp3) is 0.400. The molecule has 20 heavy (non-hydrogen) atoms. The van der Waals surface area contributed by atoms with Crippen LogP contribution in [0.15, 0.2) is 40.3 Å². The minimum atomic E-state index is -0.0788. The van der Waals surface area contributed by atoms with Gasteiger partial charge in [-0.1, -0.05) is 13.0 Å². The molecule has 0 aliphatic rings. The first-order chi connectivity index (χ1) is 9.69. The van der Waals surface area contributed by atoms with Gasteiger partial charge in [0.25, 0.3) is 0 Å². The van der Waals surface area contributed by atoms with Crippen LogP contribution in [0.2, 0.25) is 0 Å². The van der Waals surface area contributed by atoms with E-state index >= 15 is 0 Å². The fourth-order valence-electron chi connectivity index (χ4n) is 1.91. The molecule has 2 N–H and O–H groups in total. The van der Waals surface area contributed by atoms with E-state index in [1.54, 1.807) is 22.5 Å². The predicted octanol–water partition coefficient (Wildman–Crippen LogP) is 3.00. The topological polar surface area (TPSA) is 59.5 Å². The Hall–Kier alpha value is -1.59. The van der Waals surface area contributed by atoms with Crippen LogP contribution in [0, 0.1) is 0 Å². The van der Waals surface area contributed by atoms with Crippen molar-refractivity contribution < 1.29 is 9.21 Å². The molecule has 0 fully saturated rings. The number of carbonyl (C=O) groups is 1. The summed E-state index contributed by atoms with van der Waals surface area (Å²) in [6, 6.07) is 7.67. The largest absolute Gasteiger partial charge is 0.467 e. The number of nitrogens with zero attached hydrogens (tertiary/aromatic N) is 1. The molecular formula is C15H20N2O2S. The van der Waals surface area contributed by atoms with Gasteiger partial charge >= 0.3 is 0 Å². The van der Waals surface area contributed by atoms with Gasteiger partial charge in [-0.15, -0.1) is 11.3 Å². The molecule has 1 unspecified atom stereocenters. The van der Waals surface area contributed by atoms with E-state index in [1.807, 2.05) is 36.6 Å². The Bertz CT molecular complexity index is 472. The average molecular weight is 292 g/mol. The third kappa shape index (κ3) is 4.21. The average Bonchev–Trinajstić information content (AvgIpc) is 3.11. The molecule has 0 radical (unpaired) electrons. The SMILES string of the molecule is CCC(N)CC(=O)N(Cc1ccco1)Cc1cccs1. The Morgan fingerprint density at radius 1 is 1.40 bits per heavy atom. The van der Waals surface area contributed by atoms with E-state index < -0.39 is 0 Å². The van der Waals surface area contributed by atoms with Crippen molar-refractivity contribution in [2.24, 2.45) is 5.73 Å². The lowest BCUT2D eigenvalue weighted by molar-refractivity contribution is -0.133. The molecule has 0 spiro atoms. The number of carbonyl (C=O) groups excluding carboxylic acids is 1. The summed E-state index contributed by atoms with van der Waals surface area (Å²) in [6.45, 7) is 3.09. The van der Waals surface area contributed by atoms with Gasteiger partial charge < -0.3 is 15.1 Å². The summed E-state index contributed by atoms with van der Waals surface area (Å²) >= 11 is 1.65. The van der Waals surface area contributed by atoms with Gasteiger partial charge in [-0.25, -0.2) is 0 Å². The maximum Gasteiger partial charge on any atom is 0.224 e. The van der Waals surface area contributed by atoms with Crippen molar-refractivity contribution >= 4 is 17.2 Å². The second kappa shape index (κ2) is 7.26. The van der Waals surface area contributed by atoms with Gasteiger partial charge in [-0.05, 0) is 30.0 Å². The monoisotopic (exact) mass is 292 g/mol. The molecule has 1 amide bonds. The van der Waals surface area contributed by atoms with Gasteiger partial charge in [0.15, 0.2) is 0 Å². The molecule has 5 heteroatoms. The van der Waals surface area contributed by atoms with Gasteiger partial charge in [0.2, 0.25) is 5.91 Å². The normalized spacial score (nSPS) is 12.3. The highest BCUT2D eigenvalue weighted by atomic mass is 32.1. The maximum absolute atomic E-state index is 12.4. The Kier molecular flexibility index (Phi) is 5.38. The molecule has 2 aromatic rings. The van der Waals surface area contributed by atoms with Crippen molar-refractivity contribution in [3.63, 3.8) is 0 Å². The van der Waals surface area contributed by atoms with Crippen molar-refractivity contribution in [3.05, 3.63) is 46.5 Å². The number of rotatable bonds is 7. The molecule has 1 atom stereocenters. The van der Waals surface area contributed by atoms with Crippen LogP contribution in [0.3, 0.4) is 0 Å². The standard InChI is InChI=1S/C15H20N2O2S/c1-2-12(16)9-15(18)17(10-13-5-3-7-19-13)11-14-6-4-8-20-14/h3-8,12H,2,9-11,16H2,1H3. The lowest BCUT2D eigenvalue weighted by Gasteiger charge is -2.22. The fourth-order valence-corrected chi connectivity index (χ4v) is 2.63. The molecule has 0 aliphatic heterocycles. The van der Waals surface area contributed by atoms with Crippen molar-refractivity contribution in [1.29, 1.82) is 0 Å². The predicted molar refractivity (Wildman–Crippen MR) is 80.2 cm³/mol. The van der Waals surface area contributed by atoms with E-state index in [2.05, 4.69) is 0 Å². The number of hydrogen-bond acceptors (Lipinski definition) is 4. The minimum Gasteiger partial charge on any atom is -0.467 e. The molecule has 0 aromatic carbocycles. The second-order valence-corrected chi connectivity index (χ2v) is 5.81. The number of furan rings is 1. The zero-order chi connectivity index (χ0) is 14.4. The van der Waals surface area contributed by atoms with E-state index in [0.29, 0.717) is 19.5 Å². The van der Waals surface area contributed by atoms with Crippen LogP contribution < -0.4 is 5.73 Å². The van der Waals surface area contributed by atoms with Crippen molar-refractivity contribution in [2.75, 3.05) is 0 Å². The number of thiophene rings is 1. The third-order valence-corrected chi connectivity index (χ3v) is 4.03. The molecule has 108 valence electrons. The van der Waals surface area contributed by atoms with Gasteiger partial charge in [0.1, 0.15) is 5.76 Å². The first kappa shape index (κ1) is 14.8. The molecule has 0 saturated heterocycles. The lowest BCUT2D eigenvalue weighted by atomic mass is 10.1. The maximum atomic E-state index is 12.4. The zero-order valence-corrected chi connectivity index (χ0v) is 12.4. The summed E-state index contributed by atoms with van der Waals surface area (Å²) in [5.41, 5.74) is 5.89. The van der Waals surface area contributed by atoms with Crippen LogP contribution in [0.5, 0.6) is 0 Å². The van der Waals surface area contributed by atoms with Crippen LogP contribution in [0.4, 0.5) is 0 Å². The van der Waals surface area contributed by atoms with E-state index in [9.17, 15) is 4.79 Å². The van der Waals surface area contributed by atoms with E-state index in [0.717, 1.165) is 17.1 Å². The number of nitrogens with two attached hydrogens (primary N) is 1. The van der Waals surface area contributed by atoms with Crippen LogP contribution in [0.25, 0.3) is 0 Å². The van der Waals surface area contributed by atoms with E-state index in [-0.39, 0.29) is 11.9 Å². The van der Waals surface area contributed by atoms with E-state index in [4.69, 9.17) is 10.2 Å². The molecule has 4 nitrogen and oxygen atoms in total. The summed E-state index contributed by atoms with van der Waals surface area (Å²) in [7, 11) is 0. The highest BCUT2D eigenvalue weighted by molar-refractivity contribution is 7.09. The van der Waals surface area contributed by atoms with Gasteiger partial charge in [-0.3, -0.25) is 4.79 Å². The summed E-state index contributed by atoms with van der Waals surface area (Å²) in [5.74, 6) is 0.865. The van der Waals surface area contributed by atoms with Crippen LogP contribution in [-0.4, -0.2) is 16.8 Å². The highest BCUT2D eigenvalue weighted by Gasteiger charge is 2.18. The Balaban J connectivity index is 2.04. The molecule has 2 rings (SSSR count).